The van der Waals surface area contributed by atoms with E-state index in [9.17, 15) is 13.2 Å². The molecule has 1 aromatic carbocycles. The maximum Gasteiger partial charge on any atom is 0.416 e. The molecular formula is C11H13F3N6. The average Bonchev–Trinajstić information content (AvgIpc) is 2.80. The third kappa shape index (κ3) is 3.11. The topological polar surface area (TPSA) is 81.7 Å². The second-order valence-electron chi connectivity index (χ2n) is 4.20. The van der Waals surface area contributed by atoms with Crippen LogP contribution in [-0.4, -0.2) is 20.2 Å². The standard InChI is InChI=1S/C11H13F3N6/c1-20-18-10(17-19-20)6-9(16-15)7-4-2-3-5-8(7)11(12,13)14/h2-5,9,16H,6,15H2,1H3. The Kier molecular flexibility index (Phi) is 4.00. The van der Waals surface area contributed by atoms with Gasteiger partial charge in [-0.25, -0.2) is 0 Å². The summed E-state index contributed by atoms with van der Waals surface area (Å²) in [7, 11) is 1.57. The van der Waals surface area contributed by atoms with Crippen molar-refractivity contribution in [1.82, 2.24) is 25.6 Å². The zero-order valence-electron chi connectivity index (χ0n) is 10.6. The summed E-state index contributed by atoms with van der Waals surface area (Å²) in [4.78, 5) is 1.23. The van der Waals surface area contributed by atoms with Crippen LogP contribution in [-0.2, 0) is 19.6 Å². The molecule has 0 aliphatic rings. The molecule has 0 fully saturated rings. The molecule has 1 heterocycles. The van der Waals surface area contributed by atoms with Crippen LogP contribution in [0.3, 0.4) is 0 Å². The van der Waals surface area contributed by atoms with Crippen LogP contribution in [0.1, 0.15) is 23.0 Å². The zero-order chi connectivity index (χ0) is 14.8. The number of hydrogen-bond donors (Lipinski definition) is 2. The summed E-state index contributed by atoms with van der Waals surface area (Å²) >= 11 is 0. The molecule has 0 amide bonds. The predicted molar refractivity (Wildman–Crippen MR) is 64.0 cm³/mol. The molecule has 0 radical (unpaired) electrons. The molecule has 20 heavy (non-hydrogen) atoms. The summed E-state index contributed by atoms with van der Waals surface area (Å²) in [6, 6.07) is 4.50. The van der Waals surface area contributed by atoms with Crippen molar-refractivity contribution >= 4 is 0 Å². The molecule has 2 rings (SSSR count). The molecule has 108 valence electrons. The van der Waals surface area contributed by atoms with Crippen molar-refractivity contribution in [3.8, 4) is 0 Å². The van der Waals surface area contributed by atoms with Crippen LogP contribution in [0.25, 0.3) is 0 Å². The summed E-state index contributed by atoms with van der Waals surface area (Å²) in [5.41, 5.74) is 1.69. The van der Waals surface area contributed by atoms with Crippen molar-refractivity contribution in [3.63, 3.8) is 0 Å². The molecular weight excluding hydrogens is 273 g/mol. The van der Waals surface area contributed by atoms with E-state index in [0.717, 1.165) is 6.07 Å². The molecule has 2 aromatic rings. The van der Waals surface area contributed by atoms with Crippen LogP contribution in [0.5, 0.6) is 0 Å². The van der Waals surface area contributed by atoms with Crippen LogP contribution < -0.4 is 11.3 Å². The molecule has 1 aromatic heterocycles. The van der Waals surface area contributed by atoms with Gasteiger partial charge in [-0.15, -0.1) is 10.2 Å². The average molecular weight is 286 g/mol. The Bertz CT molecular complexity index is 580. The fourth-order valence-corrected chi connectivity index (χ4v) is 1.91. The Morgan fingerprint density at radius 3 is 2.60 bits per heavy atom. The SMILES string of the molecule is Cn1nnc(CC(NN)c2ccccc2C(F)(F)F)n1. The number of hydrazine groups is 1. The van der Waals surface area contributed by atoms with Crippen LogP contribution >= 0.6 is 0 Å². The molecule has 6 nitrogen and oxygen atoms in total. The van der Waals surface area contributed by atoms with E-state index in [1.807, 2.05) is 0 Å². The van der Waals surface area contributed by atoms with Crippen molar-refractivity contribution in [2.75, 3.05) is 0 Å². The van der Waals surface area contributed by atoms with Gasteiger partial charge < -0.3 is 0 Å². The van der Waals surface area contributed by atoms with Crippen LogP contribution in [0.4, 0.5) is 13.2 Å². The van der Waals surface area contributed by atoms with Gasteiger partial charge in [0.2, 0.25) is 0 Å². The lowest BCUT2D eigenvalue weighted by Gasteiger charge is -2.19. The minimum absolute atomic E-state index is 0.0509. The van der Waals surface area contributed by atoms with Crippen molar-refractivity contribution in [2.45, 2.75) is 18.6 Å². The van der Waals surface area contributed by atoms with E-state index in [-0.39, 0.29) is 12.0 Å². The van der Waals surface area contributed by atoms with E-state index in [1.54, 1.807) is 7.05 Å². The van der Waals surface area contributed by atoms with Crippen molar-refractivity contribution in [2.24, 2.45) is 12.9 Å². The highest BCUT2D eigenvalue weighted by atomic mass is 19.4. The van der Waals surface area contributed by atoms with Crippen molar-refractivity contribution in [3.05, 3.63) is 41.2 Å². The molecule has 3 N–H and O–H groups in total. The summed E-state index contributed by atoms with van der Waals surface area (Å²) in [5, 5.41) is 11.3. The summed E-state index contributed by atoms with van der Waals surface area (Å²) in [6.07, 6.45) is -4.33. The van der Waals surface area contributed by atoms with Gasteiger partial charge in [0.25, 0.3) is 0 Å². The van der Waals surface area contributed by atoms with E-state index in [2.05, 4.69) is 20.8 Å². The molecule has 0 aliphatic heterocycles. The Labute approximate surface area is 112 Å². The number of benzene rings is 1. The lowest BCUT2D eigenvalue weighted by Crippen LogP contribution is -2.31. The molecule has 0 aliphatic carbocycles. The summed E-state index contributed by atoms with van der Waals surface area (Å²) < 4.78 is 38.9. The smallest absolute Gasteiger partial charge is 0.271 e. The van der Waals surface area contributed by atoms with Gasteiger partial charge in [0.05, 0.1) is 18.7 Å². The van der Waals surface area contributed by atoms with Crippen molar-refractivity contribution in [1.29, 1.82) is 0 Å². The van der Waals surface area contributed by atoms with Gasteiger partial charge in [0.1, 0.15) is 0 Å². The third-order valence-electron chi connectivity index (χ3n) is 2.78. The lowest BCUT2D eigenvalue weighted by molar-refractivity contribution is -0.138. The first-order valence-electron chi connectivity index (χ1n) is 5.77. The predicted octanol–water partition coefficient (Wildman–Crippen LogP) is 0.976. The van der Waals surface area contributed by atoms with Gasteiger partial charge >= 0.3 is 6.18 Å². The molecule has 0 saturated carbocycles. The van der Waals surface area contributed by atoms with E-state index in [0.29, 0.717) is 5.82 Å². The summed E-state index contributed by atoms with van der Waals surface area (Å²) in [5.74, 6) is 5.68. The third-order valence-corrected chi connectivity index (χ3v) is 2.78. The van der Waals surface area contributed by atoms with Gasteiger partial charge in [-0.2, -0.15) is 18.0 Å². The van der Waals surface area contributed by atoms with Crippen molar-refractivity contribution < 1.29 is 13.2 Å². The number of aromatic nitrogens is 4. The van der Waals surface area contributed by atoms with E-state index >= 15 is 0 Å². The largest absolute Gasteiger partial charge is 0.416 e. The minimum Gasteiger partial charge on any atom is -0.271 e. The molecule has 1 atom stereocenters. The highest BCUT2D eigenvalue weighted by Crippen LogP contribution is 2.34. The Hall–Kier alpha value is -2.00. The first-order chi connectivity index (χ1) is 9.41. The molecule has 1 unspecified atom stereocenters. The number of halogens is 3. The highest BCUT2D eigenvalue weighted by Gasteiger charge is 2.35. The number of aryl methyl sites for hydroxylation is 1. The van der Waals surface area contributed by atoms with Crippen LogP contribution in [0.2, 0.25) is 0 Å². The van der Waals surface area contributed by atoms with Crippen LogP contribution in [0, 0.1) is 0 Å². The maximum atomic E-state index is 13.0. The second-order valence-corrected chi connectivity index (χ2v) is 4.20. The van der Waals surface area contributed by atoms with E-state index in [4.69, 9.17) is 5.84 Å². The molecule has 0 spiro atoms. The quantitative estimate of drug-likeness (QED) is 0.646. The Balaban J connectivity index is 2.32. The van der Waals surface area contributed by atoms with Gasteiger partial charge in [0, 0.05) is 6.42 Å². The van der Waals surface area contributed by atoms with Gasteiger partial charge in [0.15, 0.2) is 5.82 Å². The number of tetrazole rings is 1. The number of alkyl halides is 3. The molecule has 0 saturated heterocycles. The molecule has 9 heteroatoms. The highest BCUT2D eigenvalue weighted by molar-refractivity contribution is 5.32. The first kappa shape index (κ1) is 14.4. The monoisotopic (exact) mass is 286 g/mol. The maximum absolute atomic E-state index is 13.0. The van der Waals surface area contributed by atoms with Gasteiger partial charge in [-0.05, 0) is 16.8 Å². The fourth-order valence-electron chi connectivity index (χ4n) is 1.91. The number of nitrogens with one attached hydrogen (secondary N) is 1. The Morgan fingerprint density at radius 1 is 1.35 bits per heavy atom. The van der Waals surface area contributed by atoms with Gasteiger partial charge in [-0.1, -0.05) is 18.2 Å². The number of hydrogen-bond acceptors (Lipinski definition) is 5. The fraction of sp³-hybridized carbons (Fsp3) is 0.364. The minimum atomic E-state index is -4.44. The first-order valence-corrected chi connectivity index (χ1v) is 5.77. The number of nitrogens with zero attached hydrogens (tertiary/aromatic N) is 4. The lowest BCUT2D eigenvalue weighted by atomic mass is 9.98. The summed E-state index contributed by atoms with van der Waals surface area (Å²) in [6.45, 7) is 0. The van der Waals surface area contributed by atoms with Gasteiger partial charge in [-0.3, -0.25) is 11.3 Å². The Morgan fingerprint density at radius 2 is 2.05 bits per heavy atom. The van der Waals surface area contributed by atoms with E-state index < -0.39 is 17.8 Å². The zero-order valence-corrected chi connectivity index (χ0v) is 10.6. The number of nitrogens with two attached hydrogens (primary N) is 1. The molecule has 0 bridgehead atoms. The normalized spacial score (nSPS) is 13.4. The van der Waals surface area contributed by atoms with Crippen LogP contribution in [0.15, 0.2) is 24.3 Å². The second kappa shape index (κ2) is 5.55. The van der Waals surface area contributed by atoms with E-state index in [1.165, 1.54) is 23.0 Å². The number of rotatable bonds is 4.